The van der Waals surface area contributed by atoms with Gasteiger partial charge in [-0.3, -0.25) is 10.1 Å². The molecule has 1 aromatic carbocycles. The first kappa shape index (κ1) is 13.6. The number of nitro benzene ring substituents is 1. The SMILES string of the molecule is CNC(=O)OCc1cc(OC)c(O)cc1[N+](=O)[O-]. The van der Waals surface area contributed by atoms with Crippen molar-refractivity contribution in [2.24, 2.45) is 0 Å². The number of hydrogen-bond acceptors (Lipinski definition) is 6. The maximum Gasteiger partial charge on any atom is 0.407 e. The number of hydrogen-bond donors (Lipinski definition) is 2. The predicted octanol–water partition coefficient (Wildman–Crippen LogP) is 1.16. The Morgan fingerprint density at radius 2 is 2.22 bits per heavy atom. The summed E-state index contributed by atoms with van der Waals surface area (Å²) >= 11 is 0. The van der Waals surface area contributed by atoms with E-state index in [1.54, 1.807) is 0 Å². The van der Waals surface area contributed by atoms with E-state index in [2.05, 4.69) is 5.32 Å². The van der Waals surface area contributed by atoms with Gasteiger partial charge in [-0.05, 0) is 6.07 Å². The lowest BCUT2D eigenvalue weighted by atomic mass is 10.1. The molecule has 0 aliphatic rings. The number of amides is 1. The van der Waals surface area contributed by atoms with Gasteiger partial charge >= 0.3 is 6.09 Å². The van der Waals surface area contributed by atoms with Crippen LogP contribution in [-0.4, -0.2) is 30.3 Å². The summed E-state index contributed by atoms with van der Waals surface area (Å²) in [5.41, 5.74) is -0.226. The number of carbonyl (C=O) groups is 1. The van der Waals surface area contributed by atoms with Crippen LogP contribution in [0.3, 0.4) is 0 Å². The van der Waals surface area contributed by atoms with Gasteiger partial charge < -0.3 is 19.9 Å². The first-order chi connectivity index (χ1) is 8.49. The third-order valence-electron chi connectivity index (χ3n) is 2.14. The van der Waals surface area contributed by atoms with Crippen molar-refractivity contribution in [3.63, 3.8) is 0 Å². The number of nitrogens with one attached hydrogen (secondary N) is 1. The number of nitro groups is 1. The molecule has 0 unspecified atom stereocenters. The third-order valence-corrected chi connectivity index (χ3v) is 2.14. The van der Waals surface area contributed by atoms with Crippen molar-refractivity contribution in [2.75, 3.05) is 14.2 Å². The molecule has 0 saturated carbocycles. The van der Waals surface area contributed by atoms with Gasteiger partial charge in [0, 0.05) is 7.05 Å². The molecule has 0 atom stereocenters. The van der Waals surface area contributed by atoms with Crippen LogP contribution in [0.15, 0.2) is 12.1 Å². The molecule has 0 radical (unpaired) electrons. The Hall–Kier alpha value is -2.51. The Balaban J connectivity index is 3.06. The highest BCUT2D eigenvalue weighted by Crippen LogP contribution is 2.33. The first-order valence-electron chi connectivity index (χ1n) is 4.88. The zero-order valence-electron chi connectivity index (χ0n) is 9.80. The molecule has 1 rings (SSSR count). The fraction of sp³-hybridized carbons (Fsp3) is 0.300. The first-order valence-corrected chi connectivity index (χ1v) is 4.88. The Kier molecular flexibility index (Phi) is 4.30. The molecule has 0 aliphatic carbocycles. The molecule has 0 heterocycles. The van der Waals surface area contributed by atoms with Crippen molar-refractivity contribution in [3.8, 4) is 11.5 Å². The largest absolute Gasteiger partial charge is 0.504 e. The number of rotatable bonds is 4. The normalized spacial score (nSPS) is 9.67. The number of ether oxygens (including phenoxy) is 2. The number of methoxy groups -OCH3 is 1. The van der Waals surface area contributed by atoms with Crippen LogP contribution in [-0.2, 0) is 11.3 Å². The summed E-state index contributed by atoms with van der Waals surface area (Å²) in [6, 6.07) is 2.19. The third kappa shape index (κ3) is 3.00. The minimum absolute atomic E-state index is 0.0658. The summed E-state index contributed by atoms with van der Waals surface area (Å²) in [4.78, 5) is 21.0. The second kappa shape index (κ2) is 5.71. The molecule has 1 aromatic rings. The number of carbonyl (C=O) groups excluding carboxylic acids is 1. The highest BCUT2D eigenvalue weighted by molar-refractivity contribution is 5.67. The zero-order chi connectivity index (χ0) is 13.7. The van der Waals surface area contributed by atoms with Crippen molar-refractivity contribution < 1.29 is 24.3 Å². The van der Waals surface area contributed by atoms with Gasteiger partial charge in [0.25, 0.3) is 5.69 Å². The van der Waals surface area contributed by atoms with Gasteiger partial charge in [0.15, 0.2) is 11.5 Å². The zero-order valence-corrected chi connectivity index (χ0v) is 9.80. The Bertz CT molecular complexity index is 474. The maximum absolute atomic E-state index is 10.9. The second-order valence-corrected chi connectivity index (χ2v) is 3.24. The number of aromatic hydroxyl groups is 1. The fourth-order valence-electron chi connectivity index (χ4n) is 1.26. The maximum atomic E-state index is 10.9. The molecule has 0 spiro atoms. The van der Waals surface area contributed by atoms with Crippen molar-refractivity contribution in [1.82, 2.24) is 5.32 Å². The summed E-state index contributed by atoms with van der Waals surface area (Å²) in [6.07, 6.45) is -0.712. The highest BCUT2D eigenvalue weighted by Gasteiger charge is 2.19. The number of nitrogens with zero attached hydrogens (tertiary/aromatic N) is 1. The van der Waals surface area contributed by atoms with Gasteiger partial charge in [-0.15, -0.1) is 0 Å². The molecular weight excluding hydrogens is 244 g/mol. The van der Waals surface area contributed by atoms with Crippen molar-refractivity contribution >= 4 is 11.8 Å². The average molecular weight is 256 g/mol. The molecule has 2 N–H and O–H groups in total. The predicted molar refractivity (Wildman–Crippen MR) is 60.6 cm³/mol. The molecule has 0 fully saturated rings. The molecule has 0 aromatic heterocycles. The lowest BCUT2D eigenvalue weighted by Gasteiger charge is -2.08. The van der Waals surface area contributed by atoms with E-state index in [0.29, 0.717) is 0 Å². The lowest BCUT2D eigenvalue weighted by molar-refractivity contribution is -0.385. The highest BCUT2D eigenvalue weighted by atomic mass is 16.6. The smallest absolute Gasteiger partial charge is 0.407 e. The van der Waals surface area contributed by atoms with E-state index >= 15 is 0 Å². The van der Waals surface area contributed by atoms with E-state index in [1.165, 1.54) is 20.2 Å². The van der Waals surface area contributed by atoms with Gasteiger partial charge in [-0.2, -0.15) is 0 Å². The van der Waals surface area contributed by atoms with Crippen LogP contribution < -0.4 is 10.1 Å². The molecule has 18 heavy (non-hydrogen) atoms. The Morgan fingerprint density at radius 3 is 2.72 bits per heavy atom. The van der Waals surface area contributed by atoms with Crippen LogP contribution >= 0.6 is 0 Å². The van der Waals surface area contributed by atoms with E-state index in [1.807, 2.05) is 0 Å². The van der Waals surface area contributed by atoms with Crippen LogP contribution in [0.25, 0.3) is 0 Å². The molecule has 1 amide bonds. The average Bonchev–Trinajstić information content (AvgIpc) is 2.36. The monoisotopic (exact) mass is 256 g/mol. The van der Waals surface area contributed by atoms with Crippen molar-refractivity contribution in [2.45, 2.75) is 6.61 Å². The van der Waals surface area contributed by atoms with Gasteiger partial charge in [0.1, 0.15) is 6.61 Å². The van der Waals surface area contributed by atoms with Gasteiger partial charge in [-0.25, -0.2) is 4.79 Å². The summed E-state index contributed by atoms with van der Waals surface area (Å²) in [7, 11) is 2.68. The van der Waals surface area contributed by atoms with Crippen LogP contribution in [0.5, 0.6) is 11.5 Å². The van der Waals surface area contributed by atoms with Crippen LogP contribution in [0.1, 0.15) is 5.56 Å². The Morgan fingerprint density at radius 1 is 1.56 bits per heavy atom. The summed E-state index contributed by atoms with van der Waals surface area (Å²) in [5, 5.41) is 22.4. The van der Waals surface area contributed by atoms with E-state index in [-0.39, 0.29) is 29.4 Å². The quantitative estimate of drug-likeness (QED) is 0.617. The van der Waals surface area contributed by atoms with Crippen LogP contribution in [0.4, 0.5) is 10.5 Å². The molecule has 0 saturated heterocycles. The topological polar surface area (TPSA) is 111 Å². The van der Waals surface area contributed by atoms with E-state index in [0.717, 1.165) is 6.07 Å². The van der Waals surface area contributed by atoms with Crippen molar-refractivity contribution in [3.05, 3.63) is 27.8 Å². The molecule has 8 nitrogen and oxygen atoms in total. The fourth-order valence-corrected chi connectivity index (χ4v) is 1.26. The van der Waals surface area contributed by atoms with Crippen LogP contribution in [0, 0.1) is 10.1 Å². The lowest BCUT2D eigenvalue weighted by Crippen LogP contribution is -2.19. The summed E-state index contributed by atoms with van der Waals surface area (Å²) in [5.74, 6) is -0.288. The minimum atomic E-state index is -0.712. The second-order valence-electron chi connectivity index (χ2n) is 3.24. The molecular formula is C10H12N2O6. The molecule has 0 aliphatic heterocycles. The standard InChI is InChI=1S/C10H12N2O6/c1-11-10(14)18-5-6-3-9(17-2)8(13)4-7(6)12(15)16/h3-4,13H,5H2,1-2H3,(H,11,14). The summed E-state index contributed by atoms with van der Waals surface area (Å²) in [6.45, 7) is -0.299. The summed E-state index contributed by atoms with van der Waals surface area (Å²) < 4.78 is 9.54. The van der Waals surface area contributed by atoms with E-state index < -0.39 is 11.0 Å². The number of alkyl carbamates (subject to hydrolysis) is 1. The number of phenols is 1. The van der Waals surface area contributed by atoms with E-state index in [9.17, 15) is 20.0 Å². The van der Waals surface area contributed by atoms with Gasteiger partial charge in [0.2, 0.25) is 0 Å². The number of phenolic OH excluding ortho intramolecular Hbond substituents is 1. The van der Waals surface area contributed by atoms with E-state index in [4.69, 9.17) is 9.47 Å². The van der Waals surface area contributed by atoms with Gasteiger partial charge in [-0.1, -0.05) is 0 Å². The van der Waals surface area contributed by atoms with Gasteiger partial charge in [0.05, 0.1) is 23.7 Å². The molecule has 0 bridgehead atoms. The number of benzene rings is 1. The molecule has 8 heteroatoms. The molecule has 98 valence electrons. The van der Waals surface area contributed by atoms with Crippen molar-refractivity contribution in [1.29, 1.82) is 0 Å². The minimum Gasteiger partial charge on any atom is -0.504 e. The Labute approximate surface area is 102 Å². The van der Waals surface area contributed by atoms with Crippen LogP contribution in [0.2, 0.25) is 0 Å².